The van der Waals surface area contributed by atoms with Crippen LogP contribution in [0.5, 0.6) is 5.75 Å². The Hall–Kier alpha value is -1.23. The third kappa shape index (κ3) is 3.66. The maximum Gasteiger partial charge on any atom is 0.272 e. The van der Waals surface area contributed by atoms with E-state index in [1.165, 1.54) is 6.20 Å². The average molecular weight is 202 g/mol. The molecule has 0 aliphatic heterocycles. The van der Waals surface area contributed by atoms with Crippen molar-refractivity contribution in [3.8, 4) is 5.75 Å². The molecule has 1 heterocycles. The van der Waals surface area contributed by atoms with Gasteiger partial charge in [0.15, 0.2) is 0 Å². The van der Waals surface area contributed by atoms with E-state index in [-0.39, 0.29) is 0 Å². The number of hydrogen-bond acceptors (Lipinski definition) is 3. The molecule has 0 aliphatic rings. The number of ether oxygens (including phenoxy) is 1. The van der Waals surface area contributed by atoms with Crippen LogP contribution in [0.15, 0.2) is 18.3 Å². The molecule has 0 bridgehead atoms. The van der Waals surface area contributed by atoms with Crippen LogP contribution in [0.2, 0.25) is 0 Å². The van der Waals surface area contributed by atoms with Crippen molar-refractivity contribution in [1.82, 2.24) is 10.3 Å². The molecule has 0 aromatic carbocycles. The molecular weight excluding hydrogens is 190 g/mol. The van der Waals surface area contributed by atoms with Gasteiger partial charge in [0.2, 0.25) is 0 Å². The van der Waals surface area contributed by atoms with Gasteiger partial charge in [-0.25, -0.2) is 8.78 Å². The van der Waals surface area contributed by atoms with Crippen LogP contribution in [-0.4, -0.2) is 25.1 Å². The SMILES string of the molecule is CNCc1cc(OCC(F)F)ccn1. The van der Waals surface area contributed by atoms with E-state index in [9.17, 15) is 8.78 Å². The summed E-state index contributed by atoms with van der Waals surface area (Å²) >= 11 is 0. The molecule has 14 heavy (non-hydrogen) atoms. The molecule has 1 N–H and O–H groups in total. The predicted molar refractivity (Wildman–Crippen MR) is 48.5 cm³/mol. The van der Waals surface area contributed by atoms with E-state index in [1.54, 1.807) is 19.2 Å². The summed E-state index contributed by atoms with van der Waals surface area (Å²) in [6.45, 7) is 0.00881. The summed E-state index contributed by atoms with van der Waals surface area (Å²) in [5, 5.41) is 2.91. The summed E-state index contributed by atoms with van der Waals surface area (Å²) in [6.07, 6.45) is -0.913. The van der Waals surface area contributed by atoms with Crippen molar-refractivity contribution in [3.63, 3.8) is 0 Å². The molecule has 1 aromatic heterocycles. The Morgan fingerprint density at radius 2 is 2.36 bits per heavy atom. The summed E-state index contributed by atoms with van der Waals surface area (Å²) in [7, 11) is 1.79. The lowest BCUT2D eigenvalue weighted by Crippen LogP contribution is -2.09. The molecule has 0 unspecified atom stereocenters. The van der Waals surface area contributed by atoms with Crippen LogP contribution in [0.1, 0.15) is 5.69 Å². The zero-order valence-electron chi connectivity index (χ0n) is 7.84. The third-order valence-electron chi connectivity index (χ3n) is 1.52. The predicted octanol–water partition coefficient (Wildman–Crippen LogP) is 1.44. The van der Waals surface area contributed by atoms with Crippen molar-refractivity contribution >= 4 is 0 Å². The first-order valence-electron chi connectivity index (χ1n) is 4.23. The molecule has 1 rings (SSSR count). The maximum atomic E-state index is 11.8. The normalized spacial score (nSPS) is 10.6. The second kappa shape index (κ2) is 5.49. The van der Waals surface area contributed by atoms with E-state index in [4.69, 9.17) is 4.74 Å². The quantitative estimate of drug-likeness (QED) is 0.784. The molecule has 0 aliphatic carbocycles. The highest BCUT2D eigenvalue weighted by molar-refractivity contribution is 5.22. The largest absolute Gasteiger partial charge is 0.488 e. The fraction of sp³-hybridized carbons (Fsp3) is 0.444. The summed E-state index contributed by atoms with van der Waals surface area (Å²) in [5.41, 5.74) is 0.763. The summed E-state index contributed by atoms with van der Waals surface area (Å²) in [6, 6.07) is 3.19. The fourth-order valence-electron chi connectivity index (χ4n) is 0.983. The first kappa shape index (κ1) is 10.8. The van der Waals surface area contributed by atoms with Crippen LogP contribution in [0.4, 0.5) is 8.78 Å². The number of nitrogens with one attached hydrogen (secondary N) is 1. The topological polar surface area (TPSA) is 34.1 Å². The number of aromatic nitrogens is 1. The molecular formula is C9H12F2N2O. The minimum Gasteiger partial charge on any atom is -0.488 e. The fourth-order valence-corrected chi connectivity index (χ4v) is 0.983. The van der Waals surface area contributed by atoms with Crippen molar-refractivity contribution < 1.29 is 13.5 Å². The molecule has 0 amide bonds. The van der Waals surface area contributed by atoms with Gasteiger partial charge in [0.05, 0.1) is 5.69 Å². The number of nitrogens with zero attached hydrogens (tertiary/aromatic N) is 1. The van der Waals surface area contributed by atoms with Crippen LogP contribution >= 0.6 is 0 Å². The van der Waals surface area contributed by atoms with Gasteiger partial charge in [0.1, 0.15) is 12.4 Å². The molecule has 5 heteroatoms. The summed E-state index contributed by atoms with van der Waals surface area (Å²) in [5.74, 6) is 0.422. The van der Waals surface area contributed by atoms with Gasteiger partial charge in [-0.1, -0.05) is 0 Å². The maximum absolute atomic E-state index is 11.8. The van der Waals surface area contributed by atoms with Crippen molar-refractivity contribution in [2.24, 2.45) is 0 Å². The zero-order chi connectivity index (χ0) is 10.4. The molecule has 0 radical (unpaired) electrons. The van der Waals surface area contributed by atoms with Gasteiger partial charge in [-0.05, 0) is 13.1 Å². The molecule has 0 atom stereocenters. The van der Waals surface area contributed by atoms with Gasteiger partial charge >= 0.3 is 0 Å². The Balaban J connectivity index is 2.54. The highest BCUT2D eigenvalue weighted by Crippen LogP contribution is 2.11. The van der Waals surface area contributed by atoms with E-state index in [2.05, 4.69) is 10.3 Å². The number of halogens is 2. The van der Waals surface area contributed by atoms with E-state index in [0.29, 0.717) is 12.3 Å². The molecule has 3 nitrogen and oxygen atoms in total. The van der Waals surface area contributed by atoms with Gasteiger partial charge in [0, 0.05) is 18.8 Å². The smallest absolute Gasteiger partial charge is 0.272 e. The van der Waals surface area contributed by atoms with E-state index in [1.807, 2.05) is 0 Å². The Morgan fingerprint density at radius 3 is 3.00 bits per heavy atom. The standard InChI is InChI=1S/C9H12F2N2O/c1-12-5-7-4-8(2-3-13-7)14-6-9(10)11/h2-4,9,12H,5-6H2,1H3. The van der Waals surface area contributed by atoms with Crippen LogP contribution < -0.4 is 10.1 Å². The lowest BCUT2D eigenvalue weighted by Gasteiger charge is -2.06. The van der Waals surface area contributed by atoms with Crippen molar-refractivity contribution in [3.05, 3.63) is 24.0 Å². The van der Waals surface area contributed by atoms with Crippen molar-refractivity contribution in [1.29, 1.82) is 0 Å². The van der Waals surface area contributed by atoms with Crippen molar-refractivity contribution in [2.45, 2.75) is 13.0 Å². The minimum absolute atomic E-state index is 0.422. The van der Waals surface area contributed by atoms with Gasteiger partial charge in [-0.3, -0.25) is 4.98 Å². The molecule has 78 valence electrons. The molecule has 0 fully saturated rings. The van der Waals surface area contributed by atoms with E-state index in [0.717, 1.165) is 5.69 Å². The van der Waals surface area contributed by atoms with Crippen LogP contribution in [0.3, 0.4) is 0 Å². The summed E-state index contributed by atoms with van der Waals surface area (Å²) in [4.78, 5) is 4.03. The van der Waals surface area contributed by atoms with Gasteiger partial charge in [-0.15, -0.1) is 0 Å². The first-order valence-corrected chi connectivity index (χ1v) is 4.23. The number of rotatable bonds is 5. The Bertz CT molecular complexity index is 281. The van der Waals surface area contributed by atoms with Gasteiger partial charge in [0.25, 0.3) is 6.43 Å². The van der Waals surface area contributed by atoms with Gasteiger partial charge in [-0.2, -0.15) is 0 Å². The molecule has 1 aromatic rings. The zero-order valence-corrected chi connectivity index (χ0v) is 7.84. The first-order chi connectivity index (χ1) is 6.72. The van der Waals surface area contributed by atoms with E-state index >= 15 is 0 Å². The number of hydrogen-bond donors (Lipinski definition) is 1. The van der Waals surface area contributed by atoms with E-state index < -0.39 is 13.0 Å². The Kier molecular flexibility index (Phi) is 4.25. The Morgan fingerprint density at radius 1 is 1.57 bits per heavy atom. The van der Waals surface area contributed by atoms with Crippen molar-refractivity contribution in [2.75, 3.05) is 13.7 Å². The molecule has 0 saturated carbocycles. The van der Waals surface area contributed by atoms with Crippen LogP contribution in [0.25, 0.3) is 0 Å². The lowest BCUT2D eigenvalue weighted by molar-refractivity contribution is 0.0818. The molecule has 0 spiro atoms. The van der Waals surface area contributed by atoms with Gasteiger partial charge < -0.3 is 10.1 Å². The van der Waals surface area contributed by atoms with Crippen LogP contribution in [0, 0.1) is 0 Å². The third-order valence-corrected chi connectivity index (χ3v) is 1.52. The monoisotopic (exact) mass is 202 g/mol. The summed E-state index contributed by atoms with van der Waals surface area (Å²) < 4.78 is 28.5. The second-order valence-corrected chi connectivity index (χ2v) is 2.72. The number of pyridine rings is 1. The average Bonchev–Trinajstić information content (AvgIpc) is 2.16. The number of alkyl halides is 2. The highest BCUT2D eigenvalue weighted by atomic mass is 19.3. The Labute approximate surface area is 81.1 Å². The highest BCUT2D eigenvalue weighted by Gasteiger charge is 2.03. The minimum atomic E-state index is -2.45. The second-order valence-electron chi connectivity index (χ2n) is 2.72. The lowest BCUT2D eigenvalue weighted by atomic mass is 10.3. The molecule has 0 saturated heterocycles. The van der Waals surface area contributed by atoms with Crippen LogP contribution in [-0.2, 0) is 6.54 Å².